The Hall–Kier alpha value is -2.73. The maximum absolute atomic E-state index is 12.8. The number of fused-ring (bicyclic) bond motifs is 2. The Kier molecular flexibility index (Phi) is 8.68. The van der Waals surface area contributed by atoms with Crippen molar-refractivity contribution < 1.29 is 23.8 Å². The number of hydrogen-bond donors (Lipinski definition) is 0. The summed E-state index contributed by atoms with van der Waals surface area (Å²) < 4.78 is 17.0. The number of nitrogens with zero attached hydrogens (tertiary/aromatic N) is 1. The second-order valence-electron chi connectivity index (χ2n) is 10.9. The quantitative estimate of drug-likeness (QED) is 0.401. The Labute approximate surface area is 225 Å². The molecule has 2 atom stereocenters. The summed E-state index contributed by atoms with van der Waals surface area (Å²) in [5, 5.41) is 0.729. The molecule has 4 rings (SSSR count). The molecule has 6 nitrogen and oxygen atoms in total. The van der Waals surface area contributed by atoms with E-state index in [1.165, 1.54) is 12.7 Å². The zero-order chi connectivity index (χ0) is 26.6. The molecule has 0 unspecified atom stereocenters. The topological polar surface area (TPSA) is 65.1 Å². The van der Waals surface area contributed by atoms with Gasteiger partial charge in [0, 0.05) is 18.1 Å². The summed E-state index contributed by atoms with van der Waals surface area (Å²) >= 11 is 6.29. The highest BCUT2D eigenvalue weighted by Crippen LogP contribution is 2.48. The molecule has 1 heterocycles. The van der Waals surface area contributed by atoms with Crippen LogP contribution in [0.2, 0.25) is 5.02 Å². The third kappa shape index (κ3) is 6.23. The summed E-state index contributed by atoms with van der Waals surface area (Å²) in [5.41, 5.74) is 3.17. The average molecular weight is 528 g/mol. The van der Waals surface area contributed by atoms with E-state index in [4.69, 9.17) is 25.8 Å². The molecular weight excluding hydrogens is 490 g/mol. The molecule has 1 aliphatic carbocycles. The Balaban J connectivity index is 1.67. The maximum Gasteiger partial charge on any atom is 0.338 e. The van der Waals surface area contributed by atoms with E-state index in [2.05, 4.69) is 4.90 Å². The van der Waals surface area contributed by atoms with Crippen LogP contribution >= 0.6 is 11.6 Å². The lowest BCUT2D eigenvalue weighted by Gasteiger charge is -2.47. The molecule has 0 amide bonds. The number of carbonyl (C=O) groups is 2. The van der Waals surface area contributed by atoms with Gasteiger partial charge in [0.25, 0.3) is 0 Å². The van der Waals surface area contributed by atoms with Crippen molar-refractivity contribution in [2.75, 3.05) is 31.7 Å². The lowest BCUT2D eigenvalue weighted by molar-refractivity contribution is -0.162. The molecular formula is C30H38ClNO5. The fourth-order valence-electron chi connectivity index (χ4n) is 5.23. The molecule has 0 aromatic heterocycles. The number of hydrogen-bond acceptors (Lipinski definition) is 6. The van der Waals surface area contributed by atoms with E-state index in [1.54, 1.807) is 6.07 Å². The number of carbonyl (C=O) groups excluding carboxylic acids is 2. The smallest absolute Gasteiger partial charge is 0.338 e. The lowest BCUT2D eigenvalue weighted by atomic mass is 9.61. The molecule has 0 saturated heterocycles. The SMILES string of the molecule is COC(=O)[C@]1(C)CC[C@@H]1CN1CCCCc2cc(Cl)ccc2COc2ccc(C(=O)OCC(C)C)cc21. The fraction of sp³-hybridized carbons (Fsp3) is 0.533. The highest BCUT2D eigenvalue weighted by Gasteiger charge is 2.50. The summed E-state index contributed by atoms with van der Waals surface area (Å²) in [6.07, 6.45) is 4.64. The number of esters is 2. The van der Waals surface area contributed by atoms with E-state index in [1.807, 2.05) is 51.1 Å². The van der Waals surface area contributed by atoms with Crippen LogP contribution in [0.4, 0.5) is 5.69 Å². The first-order valence-electron chi connectivity index (χ1n) is 13.3. The molecule has 1 saturated carbocycles. The number of anilines is 1. The lowest BCUT2D eigenvalue weighted by Crippen LogP contribution is -2.50. The Morgan fingerprint density at radius 2 is 1.97 bits per heavy atom. The van der Waals surface area contributed by atoms with Crippen molar-refractivity contribution in [3.8, 4) is 5.75 Å². The molecule has 2 aromatic carbocycles. The van der Waals surface area contributed by atoms with Crippen LogP contribution in [-0.4, -0.2) is 38.7 Å². The van der Waals surface area contributed by atoms with Crippen LogP contribution in [0, 0.1) is 17.3 Å². The summed E-state index contributed by atoms with van der Waals surface area (Å²) in [6, 6.07) is 11.5. The molecule has 1 aliphatic heterocycles. The predicted molar refractivity (Wildman–Crippen MR) is 145 cm³/mol. The van der Waals surface area contributed by atoms with Crippen molar-refractivity contribution in [3.63, 3.8) is 0 Å². The van der Waals surface area contributed by atoms with Crippen LogP contribution in [0.5, 0.6) is 5.75 Å². The van der Waals surface area contributed by atoms with E-state index in [0.717, 1.165) is 54.9 Å². The first kappa shape index (κ1) is 27.3. The molecule has 1 fully saturated rings. The van der Waals surface area contributed by atoms with E-state index in [9.17, 15) is 9.59 Å². The van der Waals surface area contributed by atoms with Gasteiger partial charge in [-0.25, -0.2) is 4.79 Å². The molecule has 2 aromatic rings. The average Bonchev–Trinajstić information content (AvgIpc) is 2.91. The number of methoxy groups -OCH3 is 1. The number of halogens is 1. The van der Waals surface area contributed by atoms with Gasteiger partial charge in [-0.15, -0.1) is 0 Å². The van der Waals surface area contributed by atoms with Crippen LogP contribution < -0.4 is 9.64 Å². The Morgan fingerprint density at radius 1 is 1.16 bits per heavy atom. The third-order valence-electron chi connectivity index (χ3n) is 7.76. The summed E-state index contributed by atoms with van der Waals surface area (Å²) in [5.74, 6) is 0.630. The minimum absolute atomic E-state index is 0.156. The van der Waals surface area contributed by atoms with Crippen molar-refractivity contribution in [1.82, 2.24) is 0 Å². The van der Waals surface area contributed by atoms with Gasteiger partial charge in [0.15, 0.2) is 0 Å². The number of aryl methyl sites for hydroxylation is 1. The minimum atomic E-state index is -0.497. The molecule has 0 N–H and O–H groups in total. The van der Waals surface area contributed by atoms with Crippen LogP contribution in [0.15, 0.2) is 36.4 Å². The van der Waals surface area contributed by atoms with Gasteiger partial charge >= 0.3 is 11.9 Å². The maximum atomic E-state index is 12.8. The van der Waals surface area contributed by atoms with Gasteiger partial charge in [-0.2, -0.15) is 0 Å². The number of rotatable bonds is 6. The minimum Gasteiger partial charge on any atom is -0.487 e. The van der Waals surface area contributed by atoms with E-state index >= 15 is 0 Å². The van der Waals surface area contributed by atoms with Gasteiger partial charge in [0.2, 0.25) is 0 Å². The largest absolute Gasteiger partial charge is 0.487 e. The molecule has 7 heteroatoms. The van der Waals surface area contributed by atoms with Gasteiger partial charge in [0.1, 0.15) is 12.4 Å². The standard InChI is InChI=1S/C30H38ClNO5/c1-20(2)18-37-28(33)22-9-11-27-26(16-22)32(17-24-12-13-30(24,3)29(34)35-4)14-6-5-7-21-15-25(31)10-8-23(21)19-36-27/h8-11,15-16,20,24H,5-7,12-14,17-19H2,1-4H3/t24-,30-/m1/s1. The van der Waals surface area contributed by atoms with Gasteiger partial charge in [-0.1, -0.05) is 31.5 Å². The van der Waals surface area contributed by atoms with E-state index in [0.29, 0.717) is 31.1 Å². The highest BCUT2D eigenvalue weighted by atomic mass is 35.5. The molecule has 0 bridgehead atoms. The van der Waals surface area contributed by atoms with Crippen molar-refractivity contribution >= 4 is 29.2 Å². The summed E-state index contributed by atoms with van der Waals surface area (Å²) in [4.78, 5) is 27.7. The van der Waals surface area contributed by atoms with Gasteiger partial charge in [0.05, 0.1) is 30.4 Å². The van der Waals surface area contributed by atoms with Crippen molar-refractivity contribution in [2.45, 2.75) is 59.5 Å². The van der Waals surface area contributed by atoms with Crippen molar-refractivity contribution in [2.24, 2.45) is 17.3 Å². The Morgan fingerprint density at radius 3 is 2.68 bits per heavy atom. The van der Waals surface area contributed by atoms with Crippen LogP contribution in [0.3, 0.4) is 0 Å². The normalized spacial score (nSPS) is 21.6. The van der Waals surface area contributed by atoms with Crippen LogP contribution in [0.25, 0.3) is 0 Å². The predicted octanol–water partition coefficient (Wildman–Crippen LogP) is 6.46. The summed E-state index contributed by atoms with van der Waals surface area (Å²) in [7, 11) is 1.46. The third-order valence-corrected chi connectivity index (χ3v) is 8.00. The zero-order valence-electron chi connectivity index (χ0n) is 22.3. The first-order valence-corrected chi connectivity index (χ1v) is 13.6. The van der Waals surface area contributed by atoms with E-state index in [-0.39, 0.29) is 23.8 Å². The van der Waals surface area contributed by atoms with Crippen LogP contribution in [-0.2, 0) is 27.3 Å². The molecule has 2 aliphatic rings. The zero-order valence-corrected chi connectivity index (χ0v) is 23.1. The monoisotopic (exact) mass is 527 g/mol. The Bertz CT molecular complexity index is 1130. The van der Waals surface area contributed by atoms with Crippen LogP contribution in [0.1, 0.15) is 67.9 Å². The molecule has 0 spiro atoms. The van der Waals surface area contributed by atoms with Crippen molar-refractivity contribution in [1.29, 1.82) is 0 Å². The van der Waals surface area contributed by atoms with Crippen molar-refractivity contribution in [3.05, 3.63) is 58.1 Å². The van der Waals surface area contributed by atoms with Gasteiger partial charge in [-0.05, 0) is 92.3 Å². The molecule has 37 heavy (non-hydrogen) atoms. The highest BCUT2D eigenvalue weighted by molar-refractivity contribution is 6.30. The second kappa shape index (κ2) is 11.8. The number of ether oxygens (including phenoxy) is 3. The van der Waals surface area contributed by atoms with E-state index < -0.39 is 5.41 Å². The van der Waals surface area contributed by atoms with Gasteiger partial charge < -0.3 is 19.1 Å². The second-order valence-corrected chi connectivity index (χ2v) is 11.4. The van der Waals surface area contributed by atoms with Gasteiger partial charge in [-0.3, -0.25) is 4.79 Å². The number of benzene rings is 2. The molecule has 200 valence electrons. The summed E-state index contributed by atoms with van der Waals surface area (Å²) in [6.45, 7) is 8.27. The fourth-order valence-corrected chi connectivity index (χ4v) is 5.43. The first-order chi connectivity index (χ1) is 17.7. The molecule has 0 radical (unpaired) electrons.